The second-order valence-corrected chi connectivity index (χ2v) is 6.57. The first-order chi connectivity index (χ1) is 12.4. The number of esters is 1. The van der Waals surface area contributed by atoms with Gasteiger partial charge in [0, 0.05) is 15.7 Å². The van der Waals surface area contributed by atoms with E-state index in [1.54, 1.807) is 43.3 Å². The van der Waals surface area contributed by atoms with Crippen LogP contribution >= 0.6 is 15.9 Å². The van der Waals surface area contributed by atoms with Gasteiger partial charge in [0.25, 0.3) is 5.91 Å². The number of ether oxygens (including phenoxy) is 1. The first-order valence-corrected chi connectivity index (χ1v) is 8.59. The molecule has 0 spiro atoms. The molecule has 0 saturated heterocycles. The molecule has 4 nitrogen and oxygen atoms in total. The van der Waals surface area contributed by atoms with Crippen LogP contribution in [0.1, 0.15) is 12.5 Å². The molecule has 2 aromatic rings. The van der Waals surface area contributed by atoms with Crippen LogP contribution in [0.4, 0.5) is 10.1 Å². The normalized spacial score (nSPS) is 15.8. The number of halogens is 2. The Balaban J connectivity index is 2.17. The highest BCUT2D eigenvalue weighted by Crippen LogP contribution is 2.36. The van der Waals surface area contributed by atoms with Crippen LogP contribution < -0.4 is 4.90 Å². The molecule has 0 N–H and O–H groups in total. The van der Waals surface area contributed by atoms with E-state index in [-0.39, 0.29) is 16.7 Å². The van der Waals surface area contributed by atoms with Crippen LogP contribution in [0.5, 0.6) is 0 Å². The lowest BCUT2D eigenvalue weighted by molar-refractivity contribution is -0.136. The molecule has 0 fully saturated rings. The number of amides is 1. The molecule has 0 unspecified atom stereocenters. The van der Waals surface area contributed by atoms with Crippen molar-refractivity contribution in [2.24, 2.45) is 0 Å². The summed E-state index contributed by atoms with van der Waals surface area (Å²) in [6, 6.07) is 13.2. The van der Waals surface area contributed by atoms with Crippen LogP contribution in [0.15, 0.2) is 69.8 Å². The number of methoxy groups -OCH3 is 1. The molecule has 0 aromatic heterocycles. The van der Waals surface area contributed by atoms with E-state index in [0.717, 1.165) is 4.47 Å². The summed E-state index contributed by atoms with van der Waals surface area (Å²) < 4.78 is 19.7. The maximum absolute atomic E-state index is 14.0. The lowest BCUT2D eigenvalue weighted by Crippen LogP contribution is -2.24. The van der Waals surface area contributed by atoms with Crippen LogP contribution in [-0.2, 0) is 14.3 Å². The summed E-state index contributed by atoms with van der Waals surface area (Å²) >= 11 is 3.38. The summed E-state index contributed by atoms with van der Waals surface area (Å²) in [6.45, 7) is 1.66. The van der Waals surface area contributed by atoms with Crippen LogP contribution in [0.25, 0.3) is 6.08 Å². The Morgan fingerprint density at radius 1 is 1.19 bits per heavy atom. The van der Waals surface area contributed by atoms with Gasteiger partial charge in [-0.15, -0.1) is 0 Å². The van der Waals surface area contributed by atoms with Gasteiger partial charge in [0.2, 0.25) is 0 Å². The minimum Gasteiger partial charge on any atom is -0.465 e. The summed E-state index contributed by atoms with van der Waals surface area (Å²) in [6.07, 6.45) is 1.38. The van der Waals surface area contributed by atoms with E-state index in [0.29, 0.717) is 11.4 Å². The molecular weight excluding hydrogens is 401 g/mol. The Labute approximate surface area is 158 Å². The number of allylic oxidation sites excluding steroid dienone is 1. The van der Waals surface area contributed by atoms with Gasteiger partial charge in [-0.3, -0.25) is 9.69 Å². The highest BCUT2D eigenvalue weighted by molar-refractivity contribution is 9.10. The molecule has 0 radical (unpaired) electrons. The summed E-state index contributed by atoms with van der Waals surface area (Å²) in [5.74, 6) is -1.53. The first kappa shape index (κ1) is 18.1. The van der Waals surface area contributed by atoms with E-state index in [2.05, 4.69) is 15.9 Å². The number of carbonyl (C=O) groups is 2. The van der Waals surface area contributed by atoms with Crippen molar-refractivity contribution >= 4 is 39.6 Å². The van der Waals surface area contributed by atoms with Crippen molar-refractivity contribution in [3.05, 3.63) is 81.2 Å². The summed E-state index contributed by atoms with van der Waals surface area (Å²) in [7, 11) is 1.25. The molecular formula is C20H15BrFNO3. The fourth-order valence-corrected chi connectivity index (χ4v) is 3.24. The van der Waals surface area contributed by atoms with Crippen molar-refractivity contribution in [2.45, 2.75) is 6.92 Å². The van der Waals surface area contributed by atoms with Crippen molar-refractivity contribution in [3.63, 3.8) is 0 Å². The van der Waals surface area contributed by atoms with Crippen molar-refractivity contribution < 1.29 is 18.7 Å². The van der Waals surface area contributed by atoms with Gasteiger partial charge in [-0.25, -0.2) is 9.18 Å². The Kier molecular flexibility index (Phi) is 5.04. The number of rotatable bonds is 3. The van der Waals surface area contributed by atoms with Gasteiger partial charge in [0.15, 0.2) is 0 Å². The van der Waals surface area contributed by atoms with E-state index in [9.17, 15) is 14.0 Å². The Morgan fingerprint density at radius 3 is 2.58 bits per heavy atom. The van der Waals surface area contributed by atoms with Crippen LogP contribution in [0, 0.1) is 5.82 Å². The molecule has 0 bridgehead atoms. The molecule has 6 heteroatoms. The zero-order valence-corrected chi connectivity index (χ0v) is 15.7. The number of anilines is 1. The molecule has 2 aromatic carbocycles. The lowest BCUT2D eigenvalue weighted by atomic mass is 10.0. The summed E-state index contributed by atoms with van der Waals surface area (Å²) in [5, 5.41) is 0. The fraction of sp³-hybridized carbons (Fsp3) is 0.100. The summed E-state index contributed by atoms with van der Waals surface area (Å²) in [5.41, 5.74) is 1.48. The molecule has 3 rings (SSSR count). The van der Waals surface area contributed by atoms with Crippen molar-refractivity contribution in [3.8, 4) is 0 Å². The van der Waals surface area contributed by atoms with Crippen LogP contribution in [0.3, 0.4) is 0 Å². The lowest BCUT2D eigenvalue weighted by Gasteiger charge is -2.18. The predicted octanol–water partition coefficient (Wildman–Crippen LogP) is 4.47. The standard InChI is InChI=1S/C20H15BrFNO3/c1-12-18(20(25)26-2)16(10-13-6-3-4-9-17(13)22)19(24)23(12)15-8-5-7-14(21)11-15/h3-11H,1-2H3/b16-10+. The van der Waals surface area contributed by atoms with Gasteiger partial charge < -0.3 is 4.74 Å². The number of nitrogens with zero attached hydrogens (tertiary/aromatic N) is 1. The topological polar surface area (TPSA) is 46.6 Å². The average molecular weight is 416 g/mol. The van der Waals surface area contributed by atoms with Crippen molar-refractivity contribution in [2.75, 3.05) is 12.0 Å². The van der Waals surface area contributed by atoms with E-state index in [4.69, 9.17) is 4.74 Å². The predicted molar refractivity (Wildman–Crippen MR) is 101 cm³/mol. The van der Waals surface area contributed by atoms with Crippen LogP contribution in [-0.4, -0.2) is 19.0 Å². The SMILES string of the molecule is COC(=O)C1=C(C)N(c2cccc(Br)c2)C(=O)/C1=C/c1ccccc1F. The minimum absolute atomic E-state index is 0.0967. The van der Waals surface area contributed by atoms with E-state index in [1.807, 2.05) is 6.07 Å². The van der Waals surface area contributed by atoms with Gasteiger partial charge in [0.1, 0.15) is 5.82 Å². The molecule has 132 valence electrons. The first-order valence-electron chi connectivity index (χ1n) is 7.80. The Morgan fingerprint density at radius 2 is 1.92 bits per heavy atom. The van der Waals surface area contributed by atoms with Gasteiger partial charge in [-0.05, 0) is 37.3 Å². The zero-order chi connectivity index (χ0) is 18.8. The van der Waals surface area contributed by atoms with E-state index >= 15 is 0 Å². The smallest absolute Gasteiger partial charge is 0.340 e. The Bertz CT molecular complexity index is 965. The molecule has 0 saturated carbocycles. The van der Waals surface area contributed by atoms with Crippen molar-refractivity contribution in [1.29, 1.82) is 0 Å². The molecule has 1 amide bonds. The highest BCUT2D eigenvalue weighted by Gasteiger charge is 2.38. The molecule has 0 atom stereocenters. The zero-order valence-electron chi connectivity index (χ0n) is 14.1. The quantitative estimate of drug-likeness (QED) is 0.548. The second kappa shape index (κ2) is 7.25. The van der Waals surface area contributed by atoms with E-state index < -0.39 is 17.7 Å². The van der Waals surface area contributed by atoms with Crippen LogP contribution in [0.2, 0.25) is 0 Å². The third kappa shape index (κ3) is 3.20. The largest absolute Gasteiger partial charge is 0.465 e. The highest BCUT2D eigenvalue weighted by atomic mass is 79.9. The monoisotopic (exact) mass is 415 g/mol. The molecule has 0 aliphatic carbocycles. The molecule has 1 aliphatic rings. The number of carbonyl (C=O) groups excluding carboxylic acids is 2. The molecule has 26 heavy (non-hydrogen) atoms. The van der Waals surface area contributed by atoms with E-state index in [1.165, 1.54) is 24.2 Å². The number of benzene rings is 2. The minimum atomic E-state index is -0.643. The molecule has 1 aliphatic heterocycles. The third-order valence-corrected chi connectivity index (χ3v) is 4.55. The molecule has 1 heterocycles. The summed E-state index contributed by atoms with van der Waals surface area (Å²) in [4.78, 5) is 26.8. The van der Waals surface area contributed by atoms with Gasteiger partial charge in [-0.1, -0.05) is 40.2 Å². The van der Waals surface area contributed by atoms with Gasteiger partial charge >= 0.3 is 5.97 Å². The fourth-order valence-electron chi connectivity index (χ4n) is 2.85. The maximum atomic E-state index is 14.0. The Hall–Kier alpha value is -2.73. The third-order valence-electron chi connectivity index (χ3n) is 4.06. The van der Waals surface area contributed by atoms with Gasteiger partial charge in [-0.2, -0.15) is 0 Å². The second-order valence-electron chi connectivity index (χ2n) is 5.65. The number of hydrogen-bond acceptors (Lipinski definition) is 3. The van der Waals surface area contributed by atoms with Crippen molar-refractivity contribution in [1.82, 2.24) is 0 Å². The maximum Gasteiger partial charge on any atom is 0.340 e. The van der Waals surface area contributed by atoms with Gasteiger partial charge in [0.05, 0.1) is 23.9 Å². The number of hydrogen-bond donors (Lipinski definition) is 0. The average Bonchev–Trinajstić information content (AvgIpc) is 2.86.